The maximum absolute atomic E-state index is 13.8. The number of anilines is 1. The molecule has 0 unspecified atom stereocenters. The van der Waals surface area contributed by atoms with Gasteiger partial charge in [-0.2, -0.15) is 0 Å². The molecule has 1 amide bonds. The number of nitrogens with zero attached hydrogens (tertiary/aromatic N) is 3. The van der Waals surface area contributed by atoms with E-state index in [2.05, 4.69) is 68.9 Å². The Balaban J connectivity index is 2.06. The van der Waals surface area contributed by atoms with Crippen molar-refractivity contribution in [2.45, 2.75) is 66.5 Å². The molecule has 3 rings (SSSR count). The Hall–Kier alpha value is -2.14. The molecule has 32 heavy (non-hydrogen) atoms. The molecule has 2 aromatic rings. The number of fused-ring (bicyclic) bond motifs is 1. The first kappa shape index (κ1) is 24.5. The van der Waals surface area contributed by atoms with Crippen LogP contribution in [0.25, 0.3) is 10.9 Å². The van der Waals surface area contributed by atoms with Gasteiger partial charge in [0.05, 0.1) is 23.4 Å². The Morgan fingerprint density at radius 1 is 1.22 bits per heavy atom. The number of para-hydroxylation sites is 1. The largest absolute Gasteiger partial charge is 0.351 e. The van der Waals surface area contributed by atoms with Crippen LogP contribution in [0.2, 0.25) is 0 Å². The van der Waals surface area contributed by atoms with Gasteiger partial charge in [-0.3, -0.25) is 14.8 Å². The van der Waals surface area contributed by atoms with Crippen molar-refractivity contribution in [3.63, 3.8) is 0 Å². The number of carbonyl (C=O) groups excluding carboxylic acids is 1. The lowest BCUT2D eigenvalue weighted by Crippen LogP contribution is -2.54. The van der Waals surface area contributed by atoms with Gasteiger partial charge in [-0.1, -0.05) is 59.7 Å². The topological polar surface area (TPSA) is 57.6 Å². The number of rotatable bonds is 9. The van der Waals surface area contributed by atoms with Crippen molar-refractivity contribution in [1.29, 1.82) is 0 Å². The number of amidine groups is 1. The summed E-state index contributed by atoms with van der Waals surface area (Å²) < 4.78 is 0. The number of halogens is 1. The van der Waals surface area contributed by atoms with Crippen LogP contribution in [-0.4, -0.2) is 41.2 Å². The number of nitrogens with one attached hydrogen (secondary N) is 1. The van der Waals surface area contributed by atoms with Crippen molar-refractivity contribution < 1.29 is 4.79 Å². The Kier molecular flexibility index (Phi) is 7.81. The van der Waals surface area contributed by atoms with Crippen LogP contribution in [-0.2, 0) is 4.79 Å². The van der Waals surface area contributed by atoms with Crippen molar-refractivity contribution >= 4 is 39.9 Å². The molecule has 1 aromatic carbocycles. The van der Waals surface area contributed by atoms with Crippen LogP contribution in [0, 0.1) is 17.3 Å². The first-order chi connectivity index (χ1) is 15.3. The predicted molar refractivity (Wildman–Crippen MR) is 136 cm³/mol. The fraction of sp³-hybridized carbons (Fsp3) is 0.577. The first-order valence-corrected chi connectivity index (χ1v) is 12.4. The summed E-state index contributed by atoms with van der Waals surface area (Å²) in [5.74, 6) is 1.91. The highest BCUT2D eigenvalue weighted by atomic mass is 35.5. The highest BCUT2D eigenvalue weighted by Crippen LogP contribution is 2.38. The van der Waals surface area contributed by atoms with Gasteiger partial charge in [0.2, 0.25) is 5.91 Å². The molecule has 1 aliphatic heterocycles. The molecule has 2 atom stereocenters. The fourth-order valence-electron chi connectivity index (χ4n) is 4.40. The number of benzene rings is 1. The SMILES string of the molecule is CCC(CC)(C(=O)N[C@H](CCl)C(C)C)C1=N[C@@H](C(C)C)CN1c1cnc2ccccc2c1. The van der Waals surface area contributed by atoms with Crippen LogP contribution in [0.5, 0.6) is 0 Å². The Morgan fingerprint density at radius 3 is 2.50 bits per heavy atom. The first-order valence-electron chi connectivity index (χ1n) is 11.8. The molecule has 1 aliphatic rings. The van der Waals surface area contributed by atoms with Gasteiger partial charge in [-0.25, -0.2) is 0 Å². The summed E-state index contributed by atoms with van der Waals surface area (Å²) in [4.78, 5) is 25.8. The second-order valence-electron chi connectivity index (χ2n) is 9.53. The number of carbonyl (C=O) groups is 1. The third-order valence-corrected chi connectivity index (χ3v) is 7.26. The normalized spacial score (nSPS) is 17.8. The van der Waals surface area contributed by atoms with Crippen LogP contribution < -0.4 is 10.2 Å². The summed E-state index contributed by atoms with van der Waals surface area (Å²) in [7, 11) is 0. The van der Waals surface area contributed by atoms with Crippen LogP contribution in [0.4, 0.5) is 5.69 Å². The van der Waals surface area contributed by atoms with Gasteiger partial charge < -0.3 is 10.2 Å². The third kappa shape index (κ3) is 4.63. The molecule has 174 valence electrons. The van der Waals surface area contributed by atoms with Crippen LogP contribution in [0.3, 0.4) is 0 Å². The number of hydrogen-bond donors (Lipinski definition) is 1. The number of alkyl halides is 1. The molecular weight excluding hydrogens is 420 g/mol. The lowest BCUT2D eigenvalue weighted by atomic mass is 9.78. The molecule has 0 bridgehead atoms. The number of hydrogen-bond acceptors (Lipinski definition) is 4. The minimum Gasteiger partial charge on any atom is -0.351 e. The zero-order chi connectivity index (χ0) is 23.5. The molecule has 0 saturated carbocycles. The Bertz CT molecular complexity index is 967. The van der Waals surface area contributed by atoms with Gasteiger partial charge in [0.25, 0.3) is 0 Å². The van der Waals surface area contributed by atoms with Crippen LogP contribution in [0.15, 0.2) is 41.5 Å². The van der Waals surface area contributed by atoms with Crippen LogP contribution in [0.1, 0.15) is 54.4 Å². The summed E-state index contributed by atoms with van der Waals surface area (Å²) in [6.07, 6.45) is 3.25. The molecule has 0 saturated heterocycles. The van der Waals surface area contributed by atoms with Gasteiger partial charge >= 0.3 is 0 Å². The monoisotopic (exact) mass is 456 g/mol. The van der Waals surface area contributed by atoms with E-state index in [0.29, 0.717) is 24.6 Å². The summed E-state index contributed by atoms with van der Waals surface area (Å²) in [5.41, 5.74) is 1.24. The Morgan fingerprint density at radius 2 is 1.91 bits per heavy atom. The maximum Gasteiger partial charge on any atom is 0.234 e. The lowest BCUT2D eigenvalue weighted by Gasteiger charge is -2.37. The van der Waals surface area contributed by atoms with E-state index in [1.807, 2.05) is 24.4 Å². The molecule has 6 heteroatoms. The average Bonchev–Trinajstić information content (AvgIpc) is 3.24. The standard InChI is InChI=1S/C26H37ClN4O/c1-7-26(8-2,25(32)30-22(14-27)17(3)4)24-29-23(18(5)6)16-31(24)20-13-19-11-9-10-12-21(19)28-15-20/h9-13,15,17-18,22-23H,7-8,14,16H2,1-6H3,(H,30,32)/t22-,23-/m1/s1. The lowest BCUT2D eigenvalue weighted by molar-refractivity contribution is -0.128. The highest BCUT2D eigenvalue weighted by molar-refractivity contribution is 6.19. The molecule has 0 aliphatic carbocycles. The van der Waals surface area contributed by atoms with Gasteiger partial charge in [-0.15, -0.1) is 11.6 Å². The quantitative estimate of drug-likeness (QED) is 0.495. The smallest absolute Gasteiger partial charge is 0.234 e. The second kappa shape index (κ2) is 10.2. The minimum absolute atomic E-state index is 0.0174. The molecule has 5 nitrogen and oxygen atoms in total. The van der Waals surface area contributed by atoms with Crippen molar-refractivity contribution in [2.75, 3.05) is 17.3 Å². The van der Waals surface area contributed by atoms with E-state index in [0.717, 1.165) is 29.0 Å². The van der Waals surface area contributed by atoms with E-state index >= 15 is 0 Å². The summed E-state index contributed by atoms with van der Waals surface area (Å²) in [6.45, 7) is 13.5. The van der Waals surface area contributed by atoms with E-state index in [-0.39, 0.29) is 23.9 Å². The van der Waals surface area contributed by atoms with Crippen molar-refractivity contribution in [1.82, 2.24) is 10.3 Å². The van der Waals surface area contributed by atoms with E-state index in [1.165, 1.54) is 0 Å². The number of aliphatic imine (C=N–C) groups is 1. The number of aromatic nitrogens is 1. The van der Waals surface area contributed by atoms with E-state index in [1.54, 1.807) is 0 Å². The third-order valence-electron chi connectivity index (χ3n) is 6.93. The zero-order valence-electron chi connectivity index (χ0n) is 20.2. The van der Waals surface area contributed by atoms with Gasteiger partial charge in [0, 0.05) is 23.9 Å². The van der Waals surface area contributed by atoms with Gasteiger partial charge in [0.1, 0.15) is 11.3 Å². The van der Waals surface area contributed by atoms with Crippen LogP contribution >= 0.6 is 11.6 Å². The fourth-order valence-corrected chi connectivity index (χ4v) is 4.83. The summed E-state index contributed by atoms with van der Waals surface area (Å²) in [5, 5.41) is 4.32. The molecule has 1 aromatic heterocycles. The van der Waals surface area contributed by atoms with E-state index < -0.39 is 5.41 Å². The molecular formula is C26H37ClN4O. The molecule has 2 heterocycles. The molecule has 1 N–H and O–H groups in total. The average molecular weight is 457 g/mol. The number of pyridine rings is 1. The summed E-state index contributed by atoms with van der Waals surface area (Å²) >= 11 is 6.18. The van der Waals surface area contributed by atoms with E-state index in [4.69, 9.17) is 16.6 Å². The summed E-state index contributed by atoms with van der Waals surface area (Å²) in [6, 6.07) is 10.3. The molecule has 0 spiro atoms. The predicted octanol–water partition coefficient (Wildman–Crippen LogP) is 5.66. The highest BCUT2D eigenvalue weighted by Gasteiger charge is 2.47. The molecule has 0 radical (unpaired) electrons. The van der Waals surface area contributed by atoms with Gasteiger partial charge in [-0.05, 0) is 36.8 Å². The second-order valence-corrected chi connectivity index (χ2v) is 9.84. The van der Waals surface area contributed by atoms with Gasteiger partial charge in [0.15, 0.2) is 0 Å². The number of amides is 1. The Labute approximate surface area is 197 Å². The van der Waals surface area contributed by atoms with Crippen molar-refractivity contribution in [3.05, 3.63) is 36.5 Å². The molecule has 0 fully saturated rings. The zero-order valence-corrected chi connectivity index (χ0v) is 21.0. The van der Waals surface area contributed by atoms with E-state index in [9.17, 15) is 4.79 Å². The minimum atomic E-state index is -0.714. The maximum atomic E-state index is 13.8. The van der Waals surface area contributed by atoms with Crippen molar-refractivity contribution in [3.8, 4) is 0 Å². The van der Waals surface area contributed by atoms with Crippen molar-refractivity contribution in [2.24, 2.45) is 22.2 Å².